The van der Waals surface area contributed by atoms with Gasteiger partial charge in [-0.05, 0) is 12.1 Å². The van der Waals surface area contributed by atoms with Gasteiger partial charge in [-0.15, -0.1) is 0 Å². The number of esters is 1. The highest BCUT2D eigenvalue weighted by molar-refractivity contribution is 6.33. The lowest BCUT2D eigenvalue weighted by Crippen LogP contribution is -1.97. The summed E-state index contributed by atoms with van der Waals surface area (Å²) in [6.07, 6.45) is 0.0233. The van der Waals surface area contributed by atoms with E-state index in [1.807, 2.05) is 0 Å². The van der Waals surface area contributed by atoms with Gasteiger partial charge in [0.25, 0.3) is 0 Å². The van der Waals surface area contributed by atoms with E-state index in [1.165, 1.54) is 7.11 Å². The first kappa shape index (κ1) is 11.8. The fourth-order valence-electron chi connectivity index (χ4n) is 0.789. The molecule has 0 N–H and O–H groups in total. The van der Waals surface area contributed by atoms with Gasteiger partial charge in [0.2, 0.25) is 0 Å². The molecule has 0 unspecified atom stereocenters. The van der Waals surface area contributed by atoms with Crippen molar-refractivity contribution in [2.24, 2.45) is 0 Å². The molecule has 1 rings (SSSR count). The third kappa shape index (κ3) is 3.78. The predicted octanol–water partition coefficient (Wildman–Crippen LogP) is 2.30. The minimum Gasteiger partial charge on any atom is -0.468 e. The second-order valence-electron chi connectivity index (χ2n) is 2.53. The molecule has 5 heteroatoms. The molecule has 0 radical (unpaired) electrons. The molecule has 1 heterocycles. The SMILES string of the molecule is COC(=O)CC#Cc1ccc(Cl)nc1Cl. The van der Waals surface area contributed by atoms with Crippen molar-refractivity contribution >= 4 is 29.2 Å². The monoisotopic (exact) mass is 243 g/mol. The van der Waals surface area contributed by atoms with Gasteiger partial charge in [0, 0.05) is 0 Å². The molecule has 3 nitrogen and oxygen atoms in total. The Bertz CT molecular complexity index is 435. The number of pyridine rings is 1. The van der Waals surface area contributed by atoms with E-state index in [2.05, 4.69) is 21.6 Å². The van der Waals surface area contributed by atoms with Gasteiger partial charge in [0.15, 0.2) is 0 Å². The van der Waals surface area contributed by atoms with Crippen LogP contribution in [0.5, 0.6) is 0 Å². The number of rotatable bonds is 1. The van der Waals surface area contributed by atoms with E-state index < -0.39 is 0 Å². The first-order chi connectivity index (χ1) is 7.13. The van der Waals surface area contributed by atoms with Crippen LogP contribution in [-0.2, 0) is 9.53 Å². The Labute approximate surface area is 97.4 Å². The molecule has 0 saturated heterocycles. The van der Waals surface area contributed by atoms with Gasteiger partial charge < -0.3 is 4.74 Å². The lowest BCUT2D eigenvalue weighted by molar-refractivity contribution is -0.139. The van der Waals surface area contributed by atoms with Crippen molar-refractivity contribution in [2.75, 3.05) is 7.11 Å². The van der Waals surface area contributed by atoms with Crippen molar-refractivity contribution < 1.29 is 9.53 Å². The van der Waals surface area contributed by atoms with Crippen molar-refractivity contribution in [3.8, 4) is 11.8 Å². The zero-order valence-corrected chi connectivity index (χ0v) is 9.39. The van der Waals surface area contributed by atoms with Crippen LogP contribution in [-0.4, -0.2) is 18.1 Å². The molecule has 0 saturated carbocycles. The number of carbonyl (C=O) groups excluding carboxylic acids is 1. The second kappa shape index (κ2) is 5.59. The first-order valence-electron chi connectivity index (χ1n) is 4.01. The molecule has 0 aliphatic rings. The summed E-state index contributed by atoms with van der Waals surface area (Å²) in [5.74, 6) is 4.93. The predicted molar refractivity (Wildman–Crippen MR) is 57.8 cm³/mol. The maximum Gasteiger partial charge on any atom is 0.317 e. The number of aromatic nitrogens is 1. The van der Waals surface area contributed by atoms with Crippen LogP contribution in [0.4, 0.5) is 0 Å². The Morgan fingerprint density at radius 3 is 2.87 bits per heavy atom. The van der Waals surface area contributed by atoms with Crippen LogP contribution in [0.3, 0.4) is 0 Å². The van der Waals surface area contributed by atoms with Crippen molar-refractivity contribution in [1.82, 2.24) is 4.98 Å². The van der Waals surface area contributed by atoms with E-state index in [1.54, 1.807) is 12.1 Å². The van der Waals surface area contributed by atoms with Crippen molar-refractivity contribution in [3.05, 3.63) is 28.0 Å². The van der Waals surface area contributed by atoms with Crippen molar-refractivity contribution in [1.29, 1.82) is 0 Å². The average molecular weight is 244 g/mol. The normalized spacial score (nSPS) is 9.00. The van der Waals surface area contributed by atoms with Gasteiger partial charge in [-0.3, -0.25) is 4.79 Å². The van der Waals surface area contributed by atoms with E-state index in [-0.39, 0.29) is 17.5 Å². The van der Waals surface area contributed by atoms with Crippen LogP contribution in [0.25, 0.3) is 0 Å². The molecule has 1 aromatic rings. The summed E-state index contributed by atoms with van der Waals surface area (Å²) in [4.78, 5) is 14.6. The fourth-order valence-corrected chi connectivity index (χ4v) is 1.18. The Kier molecular flexibility index (Phi) is 4.41. The van der Waals surface area contributed by atoms with E-state index in [0.29, 0.717) is 10.7 Å². The van der Waals surface area contributed by atoms with Gasteiger partial charge >= 0.3 is 5.97 Å². The number of methoxy groups -OCH3 is 1. The number of nitrogens with zero attached hydrogens (tertiary/aromatic N) is 1. The summed E-state index contributed by atoms with van der Waals surface area (Å²) in [5, 5.41) is 0.526. The molecule has 0 aromatic carbocycles. The van der Waals surface area contributed by atoms with E-state index in [4.69, 9.17) is 23.2 Å². The van der Waals surface area contributed by atoms with Crippen LogP contribution < -0.4 is 0 Å². The van der Waals surface area contributed by atoms with Gasteiger partial charge in [0.1, 0.15) is 16.7 Å². The highest BCUT2D eigenvalue weighted by Crippen LogP contribution is 2.15. The van der Waals surface area contributed by atoms with Gasteiger partial charge in [0.05, 0.1) is 12.7 Å². The smallest absolute Gasteiger partial charge is 0.317 e. The average Bonchev–Trinajstić information content (AvgIpc) is 2.21. The molecule has 1 aromatic heterocycles. The third-order valence-electron chi connectivity index (χ3n) is 1.50. The van der Waals surface area contributed by atoms with Crippen LogP contribution in [0.15, 0.2) is 12.1 Å². The molecule has 0 fully saturated rings. The van der Waals surface area contributed by atoms with Crippen LogP contribution in [0.1, 0.15) is 12.0 Å². The van der Waals surface area contributed by atoms with Gasteiger partial charge in [-0.2, -0.15) is 0 Å². The van der Waals surface area contributed by atoms with E-state index in [9.17, 15) is 4.79 Å². The van der Waals surface area contributed by atoms with Crippen molar-refractivity contribution in [2.45, 2.75) is 6.42 Å². The maximum atomic E-state index is 10.7. The summed E-state index contributed by atoms with van der Waals surface area (Å²) in [7, 11) is 1.31. The molecule has 0 aliphatic carbocycles. The summed E-state index contributed by atoms with van der Waals surface area (Å²) < 4.78 is 4.43. The highest BCUT2D eigenvalue weighted by Gasteiger charge is 1.99. The van der Waals surface area contributed by atoms with Gasteiger partial charge in [-0.1, -0.05) is 35.0 Å². The quantitative estimate of drug-likeness (QED) is 0.432. The molecule has 78 valence electrons. The number of carbonyl (C=O) groups is 1. The number of ether oxygens (including phenoxy) is 1. The number of halogens is 2. The molecular formula is C10H7Cl2NO2. The maximum absolute atomic E-state index is 10.7. The Morgan fingerprint density at radius 1 is 1.53 bits per heavy atom. The minimum absolute atomic E-state index is 0.0233. The lowest BCUT2D eigenvalue weighted by Gasteiger charge is -1.94. The second-order valence-corrected chi connectivity index (χ2v) is 3.27. The lowest BCUT2D eigenvalue weighted by atomic mass is 10.3. The molecule has 0 atom stereocenters. The molecule has 15 heavy (non-hydrogen) atoms. The standard InChI is InChI=1S/C10H7Cl2NO2/c1-15-9(14)4-2-3-7-5-6-8(11)13-10(7)12/h5-6H,4H2,1H3. The van der Waals surface area contributed by atoms with Crippen LogP contribution in [0.2, 0.25) is 10.3 Å². The van der Waals surface area contributed by atoms with Crippen LogP contribution >= 0.6 is 23.2 Å². The Hall–Kier alpha value is -1.24. The summed E-state index contributed by atoms with van der Waals surface area (Å²) in [6, 6.07) is 3.22. The Balaban J connectivity index is 2.76. The largest absolute Gasteiger partial charge is 0.468 e. The third-order valence-corrected chi connectivity index (χ3v) is 2.00. The first-order valence-corrected chi connectivity index (χ1v) is 4.77. The van der Waals surface area contributed by atoms with E-state index in [0.717, 1.165) is 0 Å². The number of hydrogen-bond acceptors (Lipinski definition) is 3. The fraction of sp³-hybridized carbons (Fsp3) is 0.200. The topological polar surface area (TPSA) is 39.2 Å². The zero-order chi connectivity index (χ0) is 11.3. The Morgan fingerprint density at radius 2 is 2.27 bits per heavy atom. The minimum atomic E-state index is -0.388. The summed E-state index contributed by atoms with van der Waals surface area (Å²) in [6.45, 7) is 0. The molecule has 0 aliphatic heterocycles. The van der Waals surface area contributed by atoms with Crippen LogP contribution in [0, 0.1) is 11.8 Å². The molecular weight excluding hydrogens is 237 g/mol. The van der Waals surface area contributed by atoms with Crippen molar-refractivity contribution in [3.63, 3.8) is 0 Å². The summed E-state index contributed by atoms with van der Waals surface area (Å²) >= 11 is 11.4. The number of hydrogen-bond donors (Lipinski definition) is 0. The molecule has 0 spiro atoms. The summed E-state index contributed by atoms with van der Waals surface area (Å²) in [5.41, 5.74) is 0.532. The molecule has 0 bridgehead atoms. The zero-order valence-electron chi connectivity index (χ0n) is 7.88. The van der Waals surface area contributed by atoms with E-state index >= 15 is 0 Å². The molecule has 0 amide bonds. The highest BCUT2D eigenvalue weighted by atomic mass is 35.5. The van der Waals surface area contributed by atoms with Gasteiger partial charge in [-0.25, -0.2) is 4.98 Å².